The van der Waals surface area contributed by atoms with E-state index in [1.54, 1.807) is 0 Å². The Morgan fingerprint density at radius 2 is 2.04 bits per heavy atom. The van der Waals surface area contributed by atoms with Gasteiger partial charge in [-0.2, -0.15) is 0 Å². The fourth-order valence-corrected chi connectivity index (χ4v) is 3.33. The fraction of sp³-hybridized carbons (Fsp3) is 0.474. The Morgan fingerprint density at radius 3 is 2.75 bits per heavy atom. The largest absolute Gasteiger partial charge is 0.355 e. The van der Waals surface area contributed by atoms with Crippen molar-refractivity contribution in [3.8, 4) is 11.4 Å². The number of rotatable bonds is 7. The Labute approximate surface area is 167 Å². The van der Waals surface area contributed by atoms with E-state index in [2.05, 4.69) is 25.4 Å². The van der Waals surface area contributed by atoms with Gasteiger partial charge in [-0.3, -0.25) is 9.59 Å². The lowest BCUT2D eigenvalue weighted by Crippen LogP contribution is -2.37. The van der Waals surface area contributed by atoms with Gasteiger partial charge in [0.25, 0.3) is 5.56 Å². The van der Waals surface area contributed by atoms with Gasteiger partial charge in [-0.15, -0.1) is 10.2 Å². The smallest absolute Gasteiger partial charge is 0.273 e. The Balaban J connectivity index is 1.49. The summed E-state index contributed by atoms with van der Waals surface area (Å²) in [5.74, 6) is -0.474. The van der Waals surface area contributed by atoms with Gasteiger partial charge >= 0.3 is 0 Å². The third kappa shape index (κ3) is 5.59. The summed E-state index contributed by atoms with van der Waals surface area (Å²) >= 11 is 5.75. The number of aryl methyl sites for hydroxylation is 1. The maximum absolute atomic E-state index is 13.2. The molecule has 2 aromatic rings. The highest BCUT2D eigenvalue weighted by Gasteiger charge is 2.12. The van der Waals surface area contributed by atoms with E-state index < -0.39 is 11.4 Å². The van der Waals surface area contributed by atoms with Gasteiger partial charge in [-0.1, -0.05) is 18.0 Å². The van der Waals surface area contributed by atoms with Crippen molar-refractivity contribution in [2.75, 3.05) is 26.2 Å². The number of H-pyrrole nitrogens is 1. The van der Waals surface area contributed by atoms with Crippen LogP contribution >= 0.6 is 11.6 Å². The maximum atomic E-state index is 13.2. The third-order valence-electron chi connectivity index (χ3n) is 4.75. The van der Waals surface area contributed by atoms with Crippen LogP contribution in [0.4, 0.5) is 4.39 Å². The van der Waals surface area contributed by atoms with Crippen LogP contribution in [0.25, 0.3) is 11.4 Å². The van der Waals surface area contributed by atoms with Crippen molar-refractivity contribution < 1.29 is 9.18 Å². The minimum atomic E-state index is -0.552. The van der Waals surface area contributed by atoms with Crippen LogP contribution in [0.3, 0.4) is 0 Å². The highest BCUT2D eigenvalue weighted by atomic mass is 35.5. The molecule has 1 aliphatic rings. The van der Waals surface area contributed by atoms with Crippen molar-refractivity contribution in [2.24, 2.45) is 0 Å². The van der Waals surface area contributed by atoms with E-state index in [0.29, 0.717) is 12.1 Å². The molecule has 7 nitrogen and oxygen atoms in total. The molecule has 3 rings (SSSR count). The molecule has 0 radical (unpaired) electrons. The Bertz CT molecular complexity index is 883. The summed E-state index contributed by atoms with van der Waals surface area (Å²) in [4.78, 5) is 29.1. The molecule has 2 heterocycles. The van der Waals surface area contributed by atoms with E-state index in [-0.39, 0.29) is 35.3 Å². The molecule has 1 fully saturated rings. The summed E-state index contributed by atoms with van der Waals surface area (Å²) in [6.45, 7) is 3.63. The number of carbonyl (C=O) groups is 1. The van der Waals surface area contributed by atoms with E-state index in [9.17, 15) is 14.0 Å². The van der Waals surface area contributed by atoms with Crippen LogP contribution in [0.15, 0.2) is 23.0 Å². The van der Waals surface area contributed by atoms with Crippen molar-refractivity contribution >= 4 is 17.5 Å². The zero-order valence-corrected chi connectivity index (χ0v) is 16.3. The third-order valence-corrected chi connectivity index (χ3v) is 5.04. The summed E-state index contributed by atoms with van der Waals surface area (Å²) in [6, 6.07) is 4.02. The molecule has 28 heavy (non-hydrogen) atoms. The summed E-state index contributed by atoms with van der Waals surface area (Å²) < 4.78 is 13.2. The lowest BCUT2D eigenvalue weighted by molar-refractivity contribution is -0.121. The van der Waals surface area contributed by atoms with Crippen LogP contribution < -0.4 is 10.9 Å². The fourth-order valence-electron chi connectivity index (χ4n) is 3.15. The molecular formula is C19H23ClFN5O2. The lowest BCUT2D eigenvalue weighted by Gasteiger charge is -2.26. The zero-order valence-electron chi connectivity index (χ0n) is 15.5. The molecule has 0 aliphatic carbocycles. The lowest BCUT2D eigenvalue weighted by atomic mass is 10.1. The quantitative estimate of drug-likeness (QED) is 0.734. The van der Waals surface area contributed by atoms with E-state index in [4.69, 9.17) is 11.6 Å². The van der Waals surface area contributed by atoms with Crippen molar-refractivity contribution in [1.82, 2.24) is 25.4 Å². The first-order valence-electron chi connectivity index (χ1n) is 9.43. The first-order chi connectivity index (χ1) is 13.5. The molecule has 2 N–H and O–H groups in total. The van der Waals surface area contributed by atoms with Gasteiger partial charge < -0.3 is 15.2 Å². The van der Waals surface area contributed by atoms with Crippen LogP contribution in [0.1, 0.15) is 31.4 Å². The van der Waals surface area contributed by atoms with Crippen molar-refractivity contribution in [2.45, 2.75) is 32.1 Å². The molecule has 0 saturated carbocycles. The van der Waals surface area contributed by atoms with Gasteiger partial charge in [0, 0.05) is 31.5 Å². The SMILES string of the molecule is O=C(CCc1nnc(-c2ccc(F)c(Cl)c2)[nH]c1=O)NCCN1CCCCC1. The minimum absolute atomic E-state index is 0.0644. The van der Waals surface area contributed by atoms with Gasteiger partial charge in [0.1, 0.15) is 11.5 Å². The molecular weight excluding hydrogens is 385 g/mol. The van der Waals surface area contributed by atoms with Gasteiger partial charge in [0.15, 0.2) is 5.82 Å². The zero-order chi connectivity index (χ0) is 19.9. The molecule has 1 aromatic heterocycles. The Kier molecular flexibility index (Phi) is 7.11. The van der Waals surface area contributed by atoms with Gasteiger partial charge in [0.05, 0.1) is 5.02 Å². The standard InChI is InChI=1S/C19H23ClFN5O2/c20-14-12-13(4-5-15(14)21)18-23-19(28)16(24-25-18)6-7-17(27)22-8-11-26-9-2-1-3-10-26/h4-5,12H,1-3,6-11H2,(H,22,27)(H,23,25,28). The molecule has 1 amide bonds. The number of hydrogen-bond acceptors (Lipinski definition) is 5. The normalized spacial score (nSPS) is 14.8. The van der Waals surface area contributed by atoms with E-state index in [1.165, 1.54) is 37.5 Å². The topological polar surface area (TPSA) is 91.0 Å². The van der Waals surface area contributed by atoms with E-state index in [0.717, 1.165) is 19.6 Å². The number of carbonyl (C=O) groups excluding carboxylic acids is 1. The molecule has 0 spiro atoms. The maximum Gasteiger partial charge on any atom is 0.273 e. The number of piperidine rings is 1. The first kappa shape index (κ1) is 20.4. The summed E-state index contributed by atoms with van der Waals surface area (Å²) in [6.07, 6.45) is 4.08. The average Bonchev–Trinajstić information content (AvgIpc) is 2.70. The van der Waals surface area contributed by atoms with Gasteiger partial charge in [-0.05, 0) is 44.1 Å². The van der Waals surface area contributed by atoms with Crippen LogP contribution in [-0.2, 0) is 11.2 Å². The number of benzene rings is 1. The molecule has 150 valence electrons. The molecule has 1 saturated heterocycles. The van der Waals surface area contributed by atoms with Crippen LogP contribution in [0, 0.1) is 5.82 Å². The second kappa shape index (κ2) is 9.75. The Morgan fingerprint density at radius 1 is 1.25 bits per heavy atom. The minimum Gasteiger partial charge on any atom is -0.355 e. The summed E-state index contributed by atoms with van der Waals surface area (Å²) in [7, 11) is 0. The molecule has 0 bridgehead atoms. The summed E-state index contributed by atoms with van der Waals surface area (Å²) in [5.41, 5.74) is 0.215. The van der Waals surface area contributed by atoms with Crippen LogP contribution in [0.5, 0.6) is 0 Å². The average molecular weight is 408 g/mol. The van der Waals surface area contributed by atoms with Gasteiger partial charge in [0.2, 0.25) is 5.91 Å². The number of nitrogens with one attached hydrogen (secondary N) is 2. The Hall–Kier alpha value is -2.32. The first-order valence-corrected chi connectivity index (χ1v) is 9.81. The van der Waals surface area contributed by atoms with Crippen molar-refractivity contribution in [3.63, 3.8) is 0 Å². The van der Waals surface area contributed by atoms with Crippen molar-refractivity contribution in [1.29, 1.82) is 0 Å². The highest BCUT2D eigenvalue weighted by molar-refractivity contribution is 6.31. The number of halogens is 2. The van der Waals surface area contributed by atoms with E-state index in [1.807, 2.05) is 0 Å². The molecule has 0 unspecified atom stereocenters. The van der Waals surface area contributed by atoms with E-state index >= 15 is 0 Å². The van der Waals surface area contributed by atoms with Gasteiger partial charge in [-0.25, -0.2) is 4.39 Å². The monoisotopic (exact) mass is 407 g/mol. The second-order valence-corrected chi connectivity index (χ2v) is 7.24. The predicted molar refractivity (Wildman–Crippen MR) is 105 cm³/mol. The van der Waals surface area contributed by atoms with Crippen LogP contribution in [-0.4, -0.2) is 52.2 Å². The molecule has 9 heteroatoms. The number of nitrogens with zero attached hydrogens (tertiary/aromatic N) is 3. The number of amides is 1. The summed E-state index contributed by atoms with van der Waals surface area (Å²) in [5, 5.41) is 10.7. The van der Waals surface area contributed by atoms with Crippen LogP contribution in [0.2, 0.25) is 5.02 Å². The highest BCUT2D eigenvalue weighted by Crippen LogP contribution is 2.21. The number of hydrogen-bond donors (Lipinski definition) is 2. The molecule has 1 aliphatic heterocycles. The number of likely N-dealkylation sites (tertiary alicyclic amines) is 1. The second-order valence-electron chi connectivity index (χ2n) is 6.83. The predicted octanol–water partition coefficient (Wildman–Crippen LogP) is 2.16. The molecule has 0 atom stereocenters. The van der Waals surface area contributed by atoms with Crippen molar-refractivity contribution in [3.05, 3.63) is 45.1 Å². The molecule has 1 aromatic carbocycles. The number of aromatic amines is 1. The number of aromatic nitrogens is 3.